The molecule has 0 aromatic carbocycles. The van der Waals surface area contributed by atoms with Gasteiger partial charge >= 0.3 is 0 Å². The predicted molar refractivity (Wildman–Crippen MR) is 50.2 cm³/mol. The first-order valence-electron chi connectivity index (χ1n) is 5.01. The van der Waals surface area contributed by atoms with E-state index in [1.807, 2.05) is 0 Å². The van der Waals surface area contributed by atoms with E-state index in [1.165, 1.54) is 18.4 Å². The van der Waals surface area contributed by atoms with Crippen LogP contribution in [0.1, 0.15) is 36.8 Å². The molecule has 1 aromatic rings. The molecule has 13 heavy (non-hydrogen) atoms. The number of nitrogens with two attached hydrogens (primary N) is 1. The Hall–Kier alpha value is -0.830. The summed E-state index contributed by atoms with van der Waals surface area (Å²) in [4.78, 5) is 0. The molecule has 1 unspecified atom stereocenters. The molecule has 0 fully saturated rings. The van der Waals surface area contributed by atoms with Gasteiger partial charge in [0.2, 0.25) is 0 Å². The van der Waals surface area contributed by atoms with Gasteiger partial charge in [-0.05, 0) is 18.8 Å². The summed E-state index contributed by atoms with van der Waals surface area (Å²) in [5.41, 5.74) is 7.84. The van der Waals surface area contributed by atoms with Crippen LogP contribution in [-0.4, -0.2) is 5.16 Å². The normalized spacial score (nSPS) is 21.5. The van der Waals surface area contributed by atoms with Gasteiger partial charge in [0.15, 0.2) is 0 Å². The third-order valence-electron chi connectivity index (χ3n) is 2.99. The molecule has 3 nitrogen and oxygen atoms in total. The first kappa shape index (κ1) is 8.75. The first-order valence-corrected chi connectivity index (χ1v) is 5.01. The lowest BCUT2D eigenvalue weighted by molar-refractivity contribution is 0.344. The van der Waals surface area contributed by atoms with Crippen LogP contribution in [-0.2, 0) is 19.4 Å². The largest absolute Gasteiger partial charge is 0.361 e. The monoisotopic (exact) mass is 180 g/mol. The molecule has 0 radical (unpaired) electrons. The van der Waals surface area contributed by atoms with Gasteiger partial charge in [0.1, 0.15) is 11.5 Å². The molecule has 1 aliphatic carbocycles. The van der Waals surface area contributed by atoms with Crippen LogP contribution >= 0.6 is 0 Å². The minimum absolute atomic E-state index is 0.509. The van der Waals surface area contributed by atoms with Crippen LogP contribution in [0.15, 0.2) is 4.52 Å². The Balaban J connectivity index is 2.25. The Morgan fingerprint density at radius 2 is 2.46 bits per heavy atom. The van der Waals surface area contributed by atoms with Gasteiger partial charge in [-0.2, -0.15) is 0 Å². The number of aryl methyl sites for hydroxylation is 1. The van der Waals surface area contributed by atoms with E-state index in [1.54, 1.807) is 0 Å². The lowest BCUT2D eigenvalue weighted by Gasteiger charge is -2.19. The molecule has 1 aliphatic rings. The molecule has 2 N–H and O–H groups in total. The smallest absolute Gasteiger partial charge is 0.140 e. The zero-order valence-electron chi connectivity index (χ0n) is 8.05. The van der Waals surface area contributed by atoms with Gasteiger partial charge in [0, 0.05) is 18.5 Å². The lowest BCUT2D eigenvalue weighted by Crippen LogP contribution is -2.14. The average Bonchev–Trinajstić information content (AvgIpc) is 2.59. The number of hydrogen-bond acceptors (Lipinski definition) is 3. The van der Waals surface area contributed by atoms with Gasteiger partial charge in [-0.25, -0.2) is 0 Å². The summed E-state index contributed by atoms with van der Waals surface area (Å²) in [6, 6.07) is 0. The fraction of sp³-hybridized carbons (Fsp3) is 0.700. The van der Waals surface area contributed by atoms with E-state index in [0.29, 0.717) is 6.54 Å². The Morgan fingerprint density at radius 1 is 1.62 bits per heavy atom. The molecule has 0 saturated heterocycles. The quantitative estimate of drug-likeness (QED) is 0.752. The molecular weight excluding hydrogens is 164 g/mol. The molecule has 0 saturated carbocycles. The highest BCUT2D eigenvalue weighted by molar-refractivity contribution is 5.25. The maximum absolute atomic E-state index is 5.58. The number of hydrogen-bond donors (Lipinski definition) is 1. The van der Waals surface area contributed by atoms with Crippen LogP contribution in [0.5, 0.6) is 0 Å². The molecule has 1 atom stereocenters. The van der Waals surface area contributed by atoms with Gasteiger partial charge in [-0.15, -0.1) is 0 Å². The highest BCUT2D eigenvalue weighted by Gasteiger charge is 2.23. The molecule has 3 heteroatoms. The van der Waals surface area contributed by atoms with E-state index in [-0.39, 0.29) is 0 Å². The number of aromatic nitrogens is 1. The maximum Gasteiger partial charge on any atom is 0.140 e. The van der Waals surface area contributed by atoms with Crippen LogP contribution in [0.3, 0.4) is 0 Å². The van der Waals surface area contributed by atoms with Gasteiger partial charge in [-0.1, -0.05) is 18.5 Å². The van der Waals surface area contributed by atoms with E-state index in [0.717, 1.165) is 30.2 Å². The summed E-state index contributed by atoms with van der Waals surface area (Å²) in [5, 5.41) is 3.99. The maximum atomic E-state index is 5.58. The van der Waals surface area contributed by atoms with E-state index in [9.17, 15) is 0 Å². The van der Waals surface area contributed by atoms with Gasteiger partial charge in [0.25, 0.3) is 0 Å². The van der Waals surface area contributed by atoms with Crippen LogP contribution in [0.2, 0.25) is 0 Å². The van der Waals surface area contributed by atoms with Gasteiger partial charge in [-0.3, -0.25) is 0 Å². The van der Waals surface area contributed by atoms with Crippen molar-refractivity contribution in [3.05, 3.63) is 17.0 Å². The van der Waals surface area contributed by atoms with Crippen molar-refractivity contribution in [2.45, 2.75) is 39.2 Å². The van der Waals surface area contributed by atoms with Crippen LogP contribution in [0.4, 0.5) is 0 Å². The third-order valence-corrected chi connectivity index (χ3v) is 2.99. The van der Waals surface area contributed by atoms with Crippen molar-refractivity contribution in [2.24, 2.45) is 11.7 Å². The molecular formula is C10H16N2O. The zero-order valence-corrected chi connectivity index (χ0v) is 8.05. The second-order valence-corrected chi connectivity index (χ2v) is 3.75. The summed E-state index contributed by atoms with van der Waals surface area (Å²) >= 11 is 0. The molecule has 1 heterocycles. The molecule has 0 amide bonds. The first-order chi connectivity index (χ1) is 6.35. The lowest BCUT2D eigenvalue weighted by atomic mass is 9.85. The van der Waals surface area contributed by atoms with Crippen molar-refractivity contribution in [1.29, 1.82) is 0 Å². The van der Waals surface area contributed by atoms with Gasteiger partial charge < -0.3 is 10.3 Å². The Kier molecular flexibility index (Phi) is 2.36. The SMILES string of the molecule is CCC1CCc2onc(CN)c2C1. The zero-order chi connectivity index (χ0) is 9.26. The summed E-state index contributed by atoms with van der Waals surface area (Å²) in [6.07, 6.45) is 4.64. The third kappa shape index (κ3) is 1.48. The topological polar surface area (TPSA) is 52.0 Å². The average molecular weight is 180 g/mol. The molecule has 0 spiro atoms. The van der Waals surface area contributed by atoms with Crippen LogP contribution in [0.25, 0.3) is 0 Å². The summed E-state index contributed by atoms with van der Waals surface area (Å²) in [5.74, 6) is 1.88. The molecule has 0 aliphatic heterocycles. The summed E-state index contributed by atoms with van der Waals surface area (Å²) in [7, 11) is 0. The Labute approximate surface area is 78.3 Å². The summed E-state index contributed by atoms with van der Waals surface area (Å²) in [6.45, 7) is 2.75. The van der Waals surface area contributed by atoms with Crippen molar-refractivity contribution in [3.8, 4) is 0 Å². The minimum Gasteiger partial charge on any atom is -0.361 e. The Bertz CT molecular complexity index is 280. The molecule has 0 bridgehead atoms. The fourth-order valence-corrected chi connectivity index (χ4v) is 2.04. The molecule has 72 valence electrons. The minimum atomic E-state index is 0.509. The number of fused-ring (bicyclic) bond motifs is 1. The van der Waals surface area contributed by atoms with Crippen molar-refractivity contribution >= 4 is 0 Å². The van der Waals surface area contributed by atoms with E-state index < -0.39 is 0 Å². The molecule has 2 rings (SSSR count). The van der Waals surface area contributed by atoms with Crippen molar-refractivity contribution in [3.63, 3.8) is 0 Å². The summed E-state index contributed by atoms with van der Waals surface area (Å²) < 4.78 is 5.24. The molecule has 1 aromatic heterocycles. The van der Waals surface area contributed by atoms with E-state index >= 15 is 0 Å². The van der Waals surface area contributed by atoms with Crippen LogP contribution in [0, 0.1) is 5.92 Å². The Morgan fingerprint density at radius 3 is 3.15 bits per heavy atom. The second-order valence-electron chi connectivity index (χ2n) is 3.75. The van der Waals surface area contributed by atoms with E-state index in [2.05, 4.69) is 12.1 Å². The van der Waals surface area contributed by atoms with Crippen LogP contribution < -0.4 is 5.73 Å². The van der Waals surface area contributed by atoms with Crippen molar-refractivity contribution in [1.82, 2.24) is 5.16 Å². The number of nitrogens with zero attached hydrogens (tertiary/aromatic N) is 1. The van der Waals surface area contributed by atoms with Crippen molar-refractivity contribution < 1.29 is 4.52 Å². The second kappa shape index (κ2) is 3.50. The highest BCUT2D eigenvalue weighted by Crippen LogP contribution is 2.29. The fourth-order valence-electron chi connectivity index (χ4n) is 2.04. The standard InChI is InChI=1S/C10H16N2O/c1-2-7-3-4-10-8(5-7)9(6-11)12-13-10/h7H,2-6,11H2,1H3. The highest BCUT2D eigenvalue weighted by atomic mass is 16.5. The van der Waals surface area contributed by atoms with E-state index in [4.69, 9.17) is 10.3 Å². The predicted octanol–water partition coefficient (Wildman–Crippen LogP) is 1.65. The van der Waals surface area contributed by atoms with Gasteiger partial charge in [0.05, 0.1) is 0 Å². The number of rotatable bonds is 2. The van der Waals surface area contributed by atoms with Crippen molar-refractivity contribution in [2.75, 3.05) is 0 Å².